The molecule has 0 aliphatic carbocycles. The predicted octanol–water partition coefficient (Wildman–Crippen LogP) is 3.77. The number of para-hydroxylation sites is 1. The lowest BCUT2D eigenvalue weighted by molar-refractivity contribution is 0.253. The Labute approximate surface area is 129 Å². The van der Waals surface area contributed by atoms with Crippen molar-refractivity contribution in [1.29, 1.82) is 0 Å². The largest absolute Gasteiger partial charge is 0.489 e. The highest BCUT2D eigenvalue weighted by Gasteiger charge is 2.12. The summed E-state index contributed by atoms with van der Waals surface area (Å²) in [5, 5.41) is 4.88. The number of ether oxygens (including phenoxy) is 1. The number of hydrogen-bond donors (Lipinski definition) is 2. The molecule has 0 unspecified atom stereocenters. The Bertz CT molecular complexity index is 686. The Morgan fingerprint density at radius 3 is 2.68 bits per heavy atom. The average Bonchev–Trinajstić information content (AvgIpc) is 2.49. The lowest BCUT2D eigenvalue weighted by Crippen LogP contribution is -2.25. The van der Waals surface area contributed by atoms with Crippen LogP contribution in [0.2, 0.25) is 0 Å². The molecule has 0 aromatic heterocycles. The summed E-state index contributed by atoms with van der Waals surface area (Å²) in [4.78, 5) is 11.4. The van der Waals surface area contributed by atoms with Crippen molar-refractivity contribution in [3.8, 4) is 5.75 Å². The Morgan fingerprint density at radius 2 is 2.00 bits per heavy atom. The van der Waals surface area contributed by atoms with E-state index < -0.39 is 11.8 Å². The summed E-state index contributed by atoms with van der Waals surface area (Å²) in [6, 6.07) is 9.99. The minimum absolute atomic E-state index is 0.131. The van der Waals surface area contributed by atoms with Crippen LogP contribution in [0.15, 0.2) is 36.4 Å². The van der Waals surface area contributed by atoms with E-state index in [1.54, 1.807) is 12.1 Å². The summed E-state index contributed by atoms with van der Waals surface area (Å²) >= 11 is 0. The van der Waals surface area contributed by atoms with Gasteiger partial charge in [-0.3, -0.25) is 0 Å². The molecule has 0 saturated carbocycles. The summed E-state index contributed by atoms with van der Waals surface area (Å²) in [5.74, 6) is 0.242. The predicted molar refractivity (Wildman–Crippen MR) is 84.7 cm³/mol. The minimum atomic E-state index is -0.495. The molecule has 0 heterocycles. The summed E-state index contributed by atoms with van der Waals surface area (Å²) in [5.41, 5.74) is 2.87. The number of urea groups is 1. The van der Waals surface area contributed by atoms with E-state index in [1.165, 1.54) is 13.1 Å². The zero-order valence-electron chi connectivity index (χ0n) is 12.9. The van der Waals surface area contributed by atoms with Crippen LogP contribution in [0, 0.1) is 19.7 Å². The summed E-state index contributed by atoms with van der Waals surface area (Å²) < 4.78 is 19.7. The van der Waals surface area contributed by atoms with Crippen molar-refractivity contribution in [3.63, 3.8) is 0 Å². The van der Waals surface area contributed by atoms with E-state index in [-0.39, 0.29) is 12.3 Å². The molecule has 5 heteroatoms. The Kier molecular flexibility index (Phi) is 4.99. The normalized spacial score (nSPS) is 10.2. The van der Waals surface area contributed by atoms with Gasteiger partial charge < -0.3 is 15.4 Å². The molecular weight excluding hydrogens is 283 g/mol. The quantitative estimate of drug-likeness (QED) is 0.903. The third kappa shape index (κ3) is 3.75. The van der Waals surface area contributed by atoms with Crippen molar-refractivity contribution >= 4 is 11.7 Å². The molecule has 0 radical (unpaired) electrons. The molecule has 22 heavy (non-hydrogen) atoms. The van der Waals surface area contributed by atoms with Gasteiger partial charge in [0.2, 0.25) is 0 Å². The van der Waals surface area contributed by atoms with Gasteiger partial charge in [-0.1, -0.05) is 29.8 Å². The highest BCUT2D eigenvalue weighted by molar-refractivity contribution is 5.90. The average molecular weight is 302 g/mol. The van der Waals surface area contributed by atoms with Gasteiger partial charge in [-0.05, 0) is 31.5 Å². The molecule has 2 rings (SSSR count). The first-order valence-electron chi connectivity index (χ1n) is 6.97. The van der Waals surface area contributed by atoms with Gasteiger partial charge in [0.05, 0.1) is 5.69 Å². The molecule has 2 N–H and O–H groups in total. The van der Waals surface area contributed by atoms with Crippen molar-refractivity contribution in [3.05, 3.63) is 58.9 Å². The van der Waals surface area contributed by atoms with Crippen LogP contribution < -0.4 is 15.4 Å². The smallest absolute Gasteiger partial charge is 0.319 e. The number of carbonyl (C=O) groups is 1. The lowest BCUT2D eigenvalue weighted by atomic mass is 10.1. The number of nitrogens with one attached hydrogen (secondary N) is 2. The van der Waals surface area contributed by atoms with Gasteiger partial charge in [-0.25, -0.2) is 9.18 Å². The van der Waals surface area contributed by atoms with E-state index in [9.17, 15) is 9.18 Å². The standard InChI is InChI=1S/C17H19FN2O2/c1-11-7-8-15(12(2)9-11)22-10-13-5-4-6-14(18)16(13)20-17(21)19-3/h4-9H,10H2,1-3H3,(H2,19,20,21). The van der Waals surface area contributed by atoms with Crippen LogP contribution in [0.3, 0.4) is 0 Å². The molecule has 0 spiro atoms. The molecule has 0 aliphatic heterocycles. The fourth-order valence-corrected chi connectivity index (χ4v) is 2.12. The van der Waals surface area contributed by atoms with E-state index in [1.807, 2.05) is 32.0 Å². The van der Waals surface area contributed by atoms with Gasteiger partial charge in [0.1, 0.15) is 18.2 Å². The molecule has 0 fully saturated rings. The summed E-state index contributed by atoms with van der Waals surface area (Å²) in [7, 11) is 1.47. The van der Waals surface area contributed by atoms with Crippen LogP contribution >= 0.6 is 0 Å². The molecule has 0 aliphatic rings. The fraction of sp³-hybridized carbons (Fsp3) is 0.235. The number of aryl methyl sites for hydroxylation is 2. The van der Waals surface area contributed by atoms with Crippen LogP contribution in [0.4, 0.5) is 14.9 Å². The van der Waals surface area contributed by atoms with Crippen molar-refractivity contribution in [2.75, 3.05) is 12.4 Å². The zero-order valence-corrected chi connectivity index (χ0v) is 12.9. The molecule has 0 atom stereocenters. The van der Waals surface area contributed by atoms with E-state index in [4.69, 9.17) is 4.74 Å². The molecule has 116 valence electrons. The number of halogens is 1. The summed E-state index contributed by atoms with van der Waals surface area (Å²) in [6.07, 6.45) is 0. The third-order valence-corrected chi connectivity index (χ3v) is 3.28. The number of anilines is 1. The van der Waals surface area contributed by atoms with E-state index in [2.05, 4.69) is 10.6 Å². The van der Waals surface area contributed by atoms with Gasteiger partial charge in [-0.2, -0.15) is 0 Å². The number of carbonyl (C=O) groups excluding carboxylic acids is 1. The molecule has 0 saturated heterocycles. The van der Waals surface area contributed by atoms with Crippen molar-refractivity contribution in [2.24, 2.45) is 0 Å². The minimum Gasteiger partial charge on any atom is -0.489 e. The van der Waals surface area contributed by atoms with Gasteiger partial charge in [-0.15, -0.1) is 0 Å². The van der Waals surface area contributed by atoms with E-state index >= 15 is 0 Å². The van der Waals surface area contributed by atoms with E-state index in [0.717, 1.165) is 16.9 Å². The Balaban J connectivity index is 2.18. The third-order valence-electron chi connectivity index (χ3n) is 3.28. The molecular formula is C17H19FN2O2. The molecule has 2 aromatic rings. The number of amides is 2. The Morgan fingerprint density at radius 1 is 1.23 bits per heavy atom. The lowest BCUT2D eigenvalue weighted by Gasteiger charge is -2.14. The number of rotatable bonds is 4. The monoisotopic (exact) mass is 302 g/mol. The highest BCUT2D eigenvalue weighted by Crippen LogP contribution is 2.24. The van der Waals surface area contributed by atoms with Gasteiger partial charge in [0.25, 0.3) is 0 Å². The van der Waals surface area contributed by atoms with Gasteiger partial charge in [0.15, 0.2) is 0 Å². The maximum absolute atomic E-state index is 13.9. The van der Waals surface area contributed by atoms with Crippen molar-refractivity contribution in [2.45, 2.75) is 20.5 Å². The van der Waals surface area contributed by atoms with Crippen molar-refractivity contribution < 1.29 is 13.9 Å². The van der Waals surface area contributed by atoms with Crippen LogP contribution in [0.5, 0.6) is 5.75 Å². The molecule has 4 nitrogen and oxygen atoms in total. The van der Waals surface area contributed by atoms with Crippen LogP contribution in [-0.4, -0.2) is 13.1 Å². The van der Waals surface area contributed by atoms with Crippen LogP contribution in [-0.2, 0) is 6.61 Å². The second kappa shape index (κ2) is 6.93. The van der Waals surface area contributed by atoms with Gasteiger partial charge in [0, 0.05) is 12.6 Å². The van der Waals surface area contributed by atoms with Gasteiger partial charge >= 0.3 is 6.03 Å². The highest BCUT2D eigenvalue weighted by atomic mass is 19.1. The fourth-order valence-electron chi connectivity index (χ4n) is 2.12. The molecule has 2 amide bonds. The van der Waals surface area contributed by atoms with Crippen molar-refractivity contribution in [1.82, 2.24) is 5.32 Å². The first-order valence-corrected chi connectivity index (χ1v) is 6.97. The van der Waals surface area contributed by atoms with Crippen LogP contribution in [0.1, 0.15) is 16.7 Å². The summed E-state index contributed by atoms with van der Waals surface area (Å²) in [6.45, 7) is 4.13. The molecule has 2 aromatic carbocycles. The molecule has 0 bridgehead atoms. The number of hydrogen-bond acceptors (Lipinski definition) is 2. The number of benzene rings is 2. The second-order valence-electron chi connectivity index (χ2n) is 5.04. The zero-order chi connectivity index (χ0) is 16.1. The topological polar surface area (TPSA) is 50.4 Å². The maximum atomic E-state index is 13.9. The van der Waals surface area contributed by atoms with Crippen LogP contribution in [0.25, 0.3) is 0 Å². The Hall–Kier alpha value is -2.56. The SMILES string of the molecule is CNC(=O)Nc1c(F)cccc1COc1ccc(C)cc1C. The van der Waals surface area contributed by atoms with E-state index in [0.29, 0.717) is 5.56 Å². The first-order chi connectivity index (χ1) is 10.5. The maximum Gasteiger partial charge on any atom is 0.319 e. The first kappa shape index (κ1) is 15.8. The second-order valence-corrected chi connectivity index (χ2v) is 5.04.